The smallest absolute Gasteiger partial charge is 0.370 e. The van der Waals surface area contributed by atoms with E-state index in [9.17, 15) is 13.2 Å². The minimum Gasteiger partial charge on any atom is -0.370 e. The highest BCUT2D eigenvalue weighted by molar-refractivity contribution is 5.58. The first-order valence-corrected chi connectivity index (χ1v) is 7.30. The van der Waals surface area contributed by atoms with Gasteiger partial charge in [-0.15, -0.1) is 0 Å². The van der Waals surface area contributed by atoms with Crippen molar-refractivity contribution in [2.24, 2.45) is 5.92 Å². The Labute approximate surface area is 122 Å². The molecule has 0 saturated carbocycles. The van der Waals surface area contributed by atoms with Crippen LogP contribution in [0.25, 0.3) is 0 Å². The van der Waals surface area contributed by atoms with Gasteiger partial charge in [0.05, 0.1) is 5.92 Å². The Kier molecular flexibility index (Phi) is 4.90. The summed E-state index contributed by atoms with van der Waals surface area (Å²) in [6.45, 7) is 5.27. The molecule has 0 aliphatic carbocycles. The van der Waals surface area contributed by atoms with Crippen molar-refractivity contribution in [2.75, 3.05) is 29.9 Å². The lowest BCUT2D eigenvalue weighted by atomic mass is 9.97. The first kappa shape index (κ1) is 15.9. The molecule has 4 nitrogen and oxygen atoms in total. The average Bonchev–Trinajstić information content (AvgIpc) is 2.45. The Morgan fingerprint density at radius 2 is 2.14 bits per heavy atom. The van der Waals surface area contributed by atoms with Gasteiger partial charge in [-0.05, 0) is 26.2 Å². The number of nitrogens with zero attached hydrogens (tertiary/aromatic N) is 3. The zero-order chi connectivity index (χ0) is 15.5. The number of nitrogens with one attached hydrogen (secondary N) is 1. The highest BCUT2D eigenvalue weighted by Gasteiger charge is 2.42. The van der Waals surface area contributed by atoms with Crippen molar-refractivity contribution in [1.29, 1.82) is 0 Å². The summed E-state index contributed by atoms with van der Waals surface area (Å²) >= 11 is 0. The van der Waals surface area contributed by atoms with Crippen LogP contribution >= 0.6 is 0 Å². The molecule has 0 bridgehead atoms. The Morgan fingerprint density at radius 3 is 2.81 bits per heavy atom. The predicted molar refractivity (Wildman–Crippen MR) is 76.5 cm³/mol. The van der Waals surface area contributed by atoms with Gasteiger partial charge in [0.25, 0.3) is 0 Å². The van der Waals surface area contributed by atoms with E-state index in [1.54, 1.807) is 4.90 Å². The van der Waals surface area contributed by atoms with Crippen molar-refractivity contribution in [3.8, 4) is 0 Å². The fourth-order valence-corrected chi connectivity index (χ4v) is 2.62. The van der Waals surface area contributed by atoms with Gasteiger partial charge >= 0.3 is 6.18 Å². The molecule has 2 heterocycles. The number of anilines is 2. The lowest BCUT2D eigenvalue weighted by molar-refractivity contribution is -0.176. The molecule has 1 fully saturated rings. The molecule has 1 aromatic rings. The van der Waals surface area contributed by atoms with Gasteiger partial charge in [-0.25, -0.2) is 9.97 Å². The molecule has 0 radical (unpaired) electrons. The quantitative estimate of drug-likeness (QED) is 0.925. The summed E-state index contributed by atoms with van der Waals surface area (Å²) in [4.78, 5) is 10.1. The number of hydrogen-bond acceptors (Lipinski definition) is 4. The van der Waals surface area contributed by atoms with Crippen LogP contribution < -0.4 is 10.2 Å². The van der Waals surface area contributed by atoms with Gasteiger partial charge in [0.2, 0.25) is 0 Å². The molecule has 1 saturated heterocycles. The first-order chi connectivity index (χ1) is 9.93. The molecule has 2 rings (SSSR count). The van der Waals surface area contributed by atoms with E-state index in [1.165, 1.54) is 6.33 Å². The van der Waals surface area contributed by atoms with Gasteiger partial charge in [0.1, 0.15) is 18.0 Å². The molecule has 1 aliphatic rings. The molecule has 21 heavy (non-hydrogen) atoms. The topological polar surface area (TPSA) is 41.1 Å². The average molecular weight is 302 g/mol. The third-order valence-electron chi connectivity index (χ3n) is 3.78. The van der Waals surface area contributed by atoms with Crippen molar-refractivity contribution >= 4 is 11.6 Å². The molecule has 1 atom stereocenters. The molecule has 1 unspecified atom stereocenters. The summed E-state index contributed by atoms with van der Waals surface area (Å²) in [6.07, 6.45) is -1.03. The molecule has 7 heteroatoms. The van der Waals surface area contributed by atoms with Crippen LogP contribution in [0.5, 0.6) is 0 Å². The second-order valence-corrected chi connectivity index (χ2v) is 5.42. The molecule has 1 N–H and O–H groups in total. The van der Waals surface area contributed by atoms with E-state index in [2.05, 4.69) is 15.3 Å². The Balaban J connectivity index is 2.17. The van der Waals surface area contributed by atoms with Gasteiger partial charge in [-0.2, -0.15) is 13.2 Å². The number of rotatable bonds is 4. The molecule has 1 aliphatic heterocycles. The van der Waals surface area contributed by atoms with Crippen LogP contribution in [0.4, 0.5) is 24.8 Å². The largest absolute Gasteiger partial charge is 0.393 e. The number of piperidine rings is 1. The van der Waals surface area contributed by atoms with Crippen molar-refractivity contribution in [1.82, 2.24) is 9.97 Å². The highest BCUT2D eigenvalue weighted by atomic mass is 19.4. The summed E-state index contributed by atoms with van der Waals surface area (Å²) < 4.78 is 38.7. The standard InChI is InChI=1S/C14H21F3N4/c1-3-6-18-12-10(2)13(20-9-19-12)21-7-4-5-11(8-21)14(15,16)17/h9,11H,3-8H2,1-2H3,(H,18,19,20). The number of hydrogen-bond donors (Lipinski definition) is 1. The molecular weight excluding hydrogens is 281 g/mol. The van der Waals surface area contributed by atoms with Crippen LogP contribution in [0.1, 0.15) is 31.7 Å². The molecule has 118 valence electrons. The summed E-state index contributed by atoms with van der Waals surface area (Å²) in [5.74, 6) is 0.0428. The maximum atomic E-state index is 12.9. The fourth-order valence-electron chi connectivity index (χ4n) is 2.62. The second kappa shape index (κ2) is 6.49. The maximum absolute atomic E-state index is 12.9. The Hall–Kier alpha value is -1.53. The van der Waals surface area contributed by atoms with Crippen LogP contribution in [-0.2, 0) is 0 Å². The molecule has 0 amide bonds. The fraction of sp³-hybridized carbons (Fsp3) is 0.714. The number of aromatic nitrogens is 2. The van der Waals surface area contributed by atoms with Gasteiger partial charge in [0.15, 0.2) is 0 Å². The third kappa shape index (κ3) is 3.77. The SMILES string of the molecule is CCCNc1ncnc(N2CCCC(C(F)(F)F)C2)c1C. The Morgan fingerprint density at radius 1 is 1.38 bits per heavy atom. The van der Waals surface area contributed by atoms with E-state index in [4.69, 9.17) is 0 Å². The van der Waals surface area contributed by atoms with Crippen molar-refractivity contribution in [2.45, 2.75) is 39.3 Å². The highest BCUT2D eigenvalue weighted by Crippen LogP contribution is 2.35. The van der Waals surface area contributed by atoms with Crippen LogP contribution in [0.2, 0.25) is 0 Å². The summed E-state index contributed by atoms with van der Waals surface area (Å²) in [5, 5.41) is 3.18. The summed E-state index contributed by atoms with van der Waals surface area (Å²) in [7, 11) is 0. The van der Waals surface area contributed by atoms with Gasteiger partial charge in [-0.1, -0.05) is 6.92 Å². The van der Waals surface area contributed by atoms with Crippen LogP contribution in [0.15, 0.2) is 6.33 Å². The van der Waals surface area contributed by atoms with Crippen molar-refractivity contribution < 1.29 is 13.2 Å². The van der Waals surface area contributed by atoms with E-state index >= 15 is 0 Å². The van der Waals surface area contributed by atoms with Gasteiger partial charge in [-0.3, -0.25) is 0 Å². The van der Waals surface area contributed by atoms with Crippen LogP contribution in [-0.4, -0.2) is 35.8 Å². The zero-order valence-electron chi connectivity index (χ0n) is 12.4. The maximum Gasteiger partial charge on any atom is 0.393 e. The zero-order valence-corrected chi connectivity index (χ0v) is 12.4. The summed E-state index contributed by atoms with van der Waals surface area (Å²) in [5.41, 5.74) is 0.814. The molecule has 0 spiro atoms. The minimum absolute atomic E-state index is 0.0193. The second-order valence-electron chi connectivity index (χ2n) is 5.42. The van der Waals surface area contributed by atoms with E-state index in [-0.39, 0.29) is 13.0 Å². The predicted octanol–water partition coefficient (Wildman–Crippen LogP) is 3.39. The first-order valence-electron chi connectivity index (χ1n) is 7.30. The van der Waals surface area contributed by atoms with Crippen LogP contribution in [0.3, 0.4) is 0 Å². The minimum atomic E-state index is -4.14. The van der Waals surface area contributed by atoms with E-state index < -0.39 is 12.1 Å². The number of halogens is 3. The van der Waals surface area contributed by atoms with Crippen molar-refractivity contribution in [3.05, 3.63) is 11.9 Å². The lowest BCUT2D eigenvalue weighted by Crippen LogP contribution is -2.42. The number of alkyl halides is 3. The van der Waals surface area contributed by atoms with E-state index in [0.29, 0.717) is 24.6 Å². The molecule has 1 aromatic heterocycles. The van der Waals surface area contributed by atoms with Crippen LogP contribution in [0, 0.1) is 12.8 Å². The lowest BCUT2D eigenvalue weighted by Gasteiger charge is -2.35. The van der Waals surface area contributed by atoms with E-state index in [1.807, 2.05) is 13.8 Å². The van der Waals surface area contributed by atoms with E-state index in [0.717, 1.165) is 18.5 Å². The van der Waals surface area contributed by atoms with Gasteiger partial charge < -0.3 is 10.2 Å². The normalized spacial score (nSPS) is 19.7. The summed E-state index contributed by atoms with van der Waals surface area (Å²) in [6, 6.07) is 0. The molecular formula is C14H21F3N4. The van der Waals surface area contributed by atoms with Gasteiger partial charge in [0, 0.05) is 25.2 Å². The molecule has 0 aromatic carbocycles. The Bertz CT molecular complexity index is 476. The third-order valence-corrected chi connectivity index (χ3v) is 3.78. The van der Waals surface area contributed by atoms with Crippen molar-refractivity contribution in [3.63, 3.8) is 0 Å². The monoisotopic (exact) mass is 302 g/mol.